The Morgan fingerprint density at radius 3 is 1.91 bits per heavy atom. The molecule has 0 unspecified atom stereocenters. The monoisotopic (exact) mass is 452 g/mol. The van der Waals surface area contributed by atoms with E-state index in [1.165, 1.54) is 22.3 Å². The zero-order chi connectivity index (χ0) is 23.4. The summed E-state index contributed by atoms with van der Waals surface area (Å²) in [6, 6.07) is 30.4. The van der Waals surface area contributed by atoms with Crippen LogP contribution in [0.15, 0.2) is 84.9 Å². The van der Waals surface area contributed by atoms with Crippen LogP contribution in [-0.4, -0.2) is 41.9 Å². The fourth-order valence-electron chi connectivity index (χ4n) is 5.83. The second kappa shape index (κ2) is 10.1. The maximum absolute atomic E-state index is 13.4. The number of piperidine rings is 1. The molecule has 0 saturated carbocycles. The zero-order valence-electron chi connectivity index (χ0n) is 20.3. The van der Waals surface area contributed by atoms with E-state index in [1.54, 1.807) is 0 Å². The molecule has 0 aromatic heterocycles. The van der Waals surface area contributed by atoms with E-state index in [-0.39, 0.29) is 5.41 Å². The molecule has 176 valence electrons. The highest BCUT2D eigenvalue weighted by Crippen LogP contribution is 2.42. The maximum Gasteiger partial charge on any atom is 0.229 e. The predicted octanol–water partition coefficient (Wildman–Crippen LogP) is 6.03. The normalized spacial score (nSPS) is 18.2. The minimum atomic E-state index is -0.126. The Morgan fingerprint density at radius 2 is 1.32 bits per heavy atom. The highest BCUT2D eigenvalue weighted by atomic mass is 16.2. The van der Waals surface area contributed by atoms with E-state index in [9.17, 15) is 4.79 Å². The average Bonchev–Trinajstić information content (AvgIpc) is 3.18. The SMILES string of the molecule is Cc1ccc(CN2CCC3(CCN(CCC(c4ccccc4)c4ccccc4)CC3)C2=O)cc1. The van der Waals surface area contributed by atoms with Gasteiger partial charge in [0.25, 0.3) is 0 Å². The number of likely N-dealkylation sites (tertiary alicyclic amines) is 2. The first kappa shape index (κ1) is 22.9. The first-order valence-corrected chi connectivity index (χ1v) is 12.8. The standard InChI is InChI=1S/C31H36N2O/c1-25-12-14-26(15-13-25)24-33-23-19-31(30(33)34)17-21-32(22-18-31)20-16-29(27-8-4-2-5-9-27)28-10-6-3-7-11-28/h2-15,29H,16-24H2,1H3. The minimum Gasteiger partial charge on any atom is -0.338 e. The lowest BCUT2D eigenvalue weighted by atomic mass is 9.77. The van der Waals surface area contributed by atoms with Gasteiger partial charge in [-0.05, 0) is 68.9 Å². The number of hydrogen-bond donors (Lipinski definition) is 0. The summed E-state index contributed by atoms with van der Waals surface area (Å²) in [7, 11) is 0. The van der Waals surface area contributed by atoms with Gasteiger partial charge in [0.1, 0.15) is 0 Å². The fraction of sp³-hybridized carbons (Fsp3) is 0.387. The zero-order valence-corrected chi connectivity index (χ0v) is 20.3. The fourth-order valence-corrected chi connectivity index (χ4v) is 5.83. The first-order valence-electron chi connectivity index (χ1n) is 12.8. The molecule has 34 heavy (non-hydrogen) atoms. The van der Waals surface area contributed by atoms with Crippen molar-refractivity contribution in [3.63, 3.8) is 0 Å². The molecule has 3 heteroatoms. The number of aryl methyl sites for hydroxylation is 1. The molecule has 0 atom stereocenters. The van der Waals surface area contributed by atoms with Crippen LogP contribution in [-0.2, 0) is 11.3 Å². The van der Waals surface area contributed by atoms with Gasteiger partial charge in [-0.3, -0.25) is 4.79 Å². The highest BCUT2D eigenvalue weighted by Gasteiger charge is 2.47. The molecule has 2 aliphatic rings. The number of amides is 1. The molecular weight excluding hydrogens is 416 g/mol. The van der Waals surface area contributed by atoms with Gasteiger partial charge in [-0.2, -0.15) is 0 Å². The molecule has 2 heterocycles. The molecule has 5 rings (SSSR count). The summed E-state index contributed by atoms with van der Waals surface area (Å²) >= 11 is 0. The van der Waals surface area contributed by atoms with Gasteiger partial charge in [-0.1, -0.05) is 90.5 Å². The Bertz CT molecular complexity index is 1030. The Kier molecular flexibility index (Phi) is 6.82. The summed E-state index contributed by atoms with van der Waals surface area (Å²) in [4.78, 5) is 18.1. The van der Waals surface area contributed by atoms with Crippen LogP contribution < -0.4 is 0 Å². The summed E-state index contributed by atoms with van der Waals surface area (Å²) < 4.78 is 0. The Morgan fingerprint density at radius 1 is 0.765 bits per heavy atom. The smallest absolute Gasteiger partial charge is 0.229 e. The van der Waals surface area contributed by atoms with Crippen LogP contribution in [0.4, 0.5) is 0 Å². The van der Waals surface area contributed by atoms with Crippen molar-refractivity contribution in [2.45, 2.75) is 45.1 Å². The number of carbonyl (C=O) groups is 1. The number of hydrogen-bond acceptors (Lipinski definition) is 2. The van der Waals surface area contributed by atoms with Gasteiger partial charge in [0.2, 0.25) is 5.91 Å². The Hall–Kier alpha value is -2.91. The third kappa shape index (κ3) is 4.95. The summed E-state index contributed by atoms with van der Waals surface area (Å²) in [6.45, 7) is 6.89. The Labute approximate surface area is 204 Å². The van der Waals surface area contributed by atoms with Crippen LogP contribution in [0.1, 0.15) is 53.9 Å². The van der Waals surface area contributed by atoms with Crippen molar-refractivity contribution in [3.05, 3.63) is 107 Å². The molecule has 3 aromatic carbocycles. The molecule has 2 aliphatic heterocycles. The van der Waals surface area contributed by atoms with E-state index in [2.05, 4.69) is 102 Å². The van der Waals surface area contributed by atoms with Crippen molar-refractivity contribution in [2.24, 2.45) is 5.41 Å². The van der Waals surface area contributed by atoms with Crippen molar-refractivity contribution < 1.29 is 4.79 Å². The molecule has 0 aliphatic carbocycles. The molecule has 0 radical (unpaired) electrons. The number of benzene rings is 3. The third-order valence-electron chi connectivity index (χ3n) is 8.05. The van der Waals surface area contributed by atoms with Gasteiger partial charge >= 0.3 is 0 Å². The van der Waals surface area contributed by atoms with E-state index in [4.69, 9.17) is 0 Å². The van der Waals surface area contributed by atoms with Crippen molar-refractivity contribution in [1.82, 2.24) is 9.80 Å². The molecule has 1 amide bonds. The van der Waals surface area contributed by atoms with Gasteiger partial charge in [0.15, 0.2) is 0 Å². The second-order valence-electron chi connectivity index (χ2n) is 10.2. The molecule has 2 saturated heterocycles. The van der Waals surface area contributed by atoms with Crippen molar-refractivity contribution in [3.8, 4) is 0 Å². The maximum atomic E-state index is 13.4. The largest absolute Gasteiger partial charge is 0.338 e. The van der Waals surface area contributed by atoms with Crippen LogP contribution in [0.5, 0.6) is 0 Å². The molecular formula is C31H36N2O. The molecule has 1 spiro atoms. The lowest BCUT2D eigenvalue weighted by molar-refractivity contribution is -0.138. The summed E-state index contributed by atoms with van der Waals surface area (Å²) in [6.07, 6.45) is 4.12. The topological polar surface area (TPSA) is 23.6 Å². The number of rotatable bonds is 7. The van der Waals surface area contributed by atoms with Crippen molar-refractivity contribution in [1.29, 1.82) is 0 Å². The lowest BCUT2D eigenvalue weighted by Crippen LogP contribution is -2.45. The van der Waals surface area contributed by atoms with E-state index in [0.29, 0.717) is 11.8 Å². The average molecular weight is 453 g/mol. The Balaban J connectivity index is 1.18. The van der Waals surface area contributed by atoms with Crippen LogP contribution in [0.25, 0.3) is 0 Å². The summed E-state index contributed by atoms with van der Waals surface area (Å²) in [5.41, 5.74) is 5.16. The van der Waals surface area contributed by atoms with Crippen LogP contribution >= 0.6 is 0 Å². The lowest BCUT2D eigenvalue weighted by Gasteiger charge is -2.38. The van der Waals surface area contributed by atoms with E-state index in [0.717, 1.165) is 58.4 Å². The van der Waals surface area contributed by atoms with Gasteiger partial charge in [-0.25, -0.2) is 0 Å². The van der Waals surface area contributed by atoms with Crippen LogP contribution in [0.3, 0.4) is 0 Å². The van der Waals surface area contributed by atoms with E-state index >= 15 is 0 Å². The first-order chi connectivity index (χ1) is 16.6. The predicted molar refractivity (Wildman–Crippen MR) is 139 cm³/mol. The number of nitrogens with zero attached hydrogens (tertiary/aromatic N) is 2. The second-order valence-corrected chi connectivity index (χ2v) is 10.2. The minimum absolute atomic E-state index is 0.126. The highest BCUT2D eigenvalue weighted by molar-refractivity contribution is 5.85. The van der Waals surface area contributed by atoms with E-state index in [1.807, 2.05) is 0 Å². The summed E-state index contributed by atoms with van der Waals surface area (Å²) in [5, 5.41) is 0. The van der Waals surface area contributed by atoms with E-state index < -0.39 is 0 Å². The van der Waals surface area contributed by atoms with Crippen molar-refractivity contribution >= 4 is 5.91 Å². The van der Waals surface area contributed by atoms with Gasteiger partial charge in [0, 0.05) is 19.0 Å². The van der Waals surface area contributed by atoms with Gasteiger partial charge in [0.05, 0.1) is 5.41 Å². The molecule has 2 fully saturated rings. The quantitative estimate of drug-likeness (QED) is 0.437. The van der Waals surface area contributed by atoms with Gasteiger partial charge in [-0.15, -0.1) is 0 Å². The van der Waals surface area contributed by atoms with Crippen molar-refractivity contribution in [2.75, 3.05) is 26.2 Å². The van der Waals surface area contributed by atoms with Gasteiger partial charge < -0.3 is 9.80 Å². The molecule has 0 N–H and O–H groups in total. The van der Waals surface area contributed by atoms with Crippen LogP contribution in [0, 0.1) is 12.3 Å². The number of carbonyl (C=O) groups excluding carboxylic acids is 1. The van der Waals surface area contributed by atoms with Crippen LogP contribution in [0.2, 0.25) is 0 Å². The molecule has 0 bridgehead atoms. The summed E-state index contributed by atoms with van der Waals surface area (Å²) in [5.74, 6) is 0.801. The molecule has 3 aromatic rings. The third-order valence-corrected chi connectivity index (χ3v) is 8.05. The molecule has 3 nitrogen and oxygen atoms in total.